The second kappa shape index (κ2) is 6.36. The third kappa shape index (κ3) is 3.69. The van der Waals surface area contributed by atoms with Crippen LogP contribution in [0.25, 0.3) is 0 Å². The van der Waals surface area contributed by atoms with Crippen LogP contribution >= 0.6 is 0 Å². The van der Waals surface area contributed by atoms with Crippen LogP contribution in [0.2, 0.25) is 0 Å². The quantitative estimate of drug-likeness (QED) is 0.786. The topological polar surface area (TPSA) is 24.5 Å². The van der Waals surface area contributed by atoms with E-state index < -0.39 is 0 Å². The molecule has 1 heterocycles. The largest absolute Gasteiger partial charge is 0.380 e. The van der Waals surface area contributed by atoms with E-state index in [0.29, 0.717) is 24.0 Å². The fourth-order valence-corrected chi connectivity index (χ4v) is 3.03. The summed E-state index contributed by atoms with van der Waals surface area (Å²) in [6.07, 6.45) is 4.44. The lowest BCUT2D eigenvalue weighted by atomic mass is 9.92. The van der Waals surface area contributed by atoms with E-state index in [9.17, 15) is 0 Å². The van der Waals surface area contributed by atoms with Gasteiger partial charge in [-0.1, -0.05) is 20.8 Å². The van der Waals surface area contributed by atoms with Crippen molar-refractivity contribution in [2.75, 3.05) is 26.7 Å². The molecule has 0 amide bonds. The molecular weight excluding hydrogens is 224 g/mol. The van der Waals surface area contributed by atoms with Crippen LogP contribution in [0.3, 0.4) is 0 Å². The van der Waals surface area contributed by atoms with Crippen LogP contribution in [0.15, 0.2) is 0 Å². The second-order valence-corrected chi connectivity index (χ2v) is 6.53. The molecule has 2 fully saturated rings. The Hall–Kier alpha value is -0.120. The summed E-state index contributed by atoms with van der Waals surface area (Å²) in [6, 6.07) is 1.48. The molecule has 3 atom stereocenters. The monoisotopic (exact) mass is 254 g/mol. The Labute approximate surface area is 112 Å². The molecule has 0 aromatic carbocycles. The van der Waals surface area contributed by atoms with Gasteiger partial charge in [-0.3, -0.25) is 4.90 Å². The zero-order valence-corrected chi connectivity index (χ0v) is 12.5. The molecule has 3 heteroatoms. The van der Waals surface area contributed by atoms with Crippen molar-refractivity contribution < 1.29 is 4.74 Å². The Kier molecular flexibility index (Phi) is 5.05. The predicted octanol–water partition coefficient (Wildman–Crippen LogP) is 2.12. The fraction of sp³-hybridized carbons (Fsp3) is 1.00. The van der Waals surface area contributed by atoms with Crippen LogP contribution in [0.1, 0.15) is 40.0 Å². The number of likely N-dealkylation sites (tertiary alicyclic amines) is 1. The Morgan fingerprint density at radius 2 is 2.00 bits per heavy atom. The highest BCUT2D eigenvalue weighted by atomic mass is 16.5. The van der Waals surface area contributed by atoms with Gasteiger partial charge in [-0.15, -0.1) is 0 Å². The second-order valence-electron chi connectivity index (χ2n) is 6.53. The van der Waals surface area contributed by atoms with Crippen LogP contribution in [-0.2, 0) is 4.74 Å². The summed E-state index contributed by atoms with van der Waals surface area (Å²) >= 11 is 0. The molecule has 1 saturated heterocycles. The SMILES string of the molecule is COC1CN(C(CNC2CC2)C(C)C)CCC1C. The standard InChI is InChI=1S/C15H30N2O/c1-11(2)14(9-16-13-5-6-13)17-8-7-12(3)15(10-17)18-4/h11-16H,5-10H2,1-4H3. The van der Waals surface area contributed by atoms with E-state index in [4.69, 9.17) is 4.74 Å². The van der Waals surface area contributed by atoms with E-state index in [0.717, 1.165) is 19.1 Å². The van der Waals surface area contributed by atoms with E-state index in [1.165, 1.54) is 25.8 Å². The van der Waals surface area contributed by atoms with Gasteiger partial charge in [-0.25, -0.2) is 0 Å². The lowest BCUT2D eigenvalue weighted by molar-refractivity contribution is -0.0255. The van der Waals surface area contributed by atoms with E-state index in [1.807, 2.05) is 7.11 Å². The number of nitrogens with zero attached hydrogens (tertiary/aromatic N) is 1. The fourth-order valence-electron chi connectivity index (χ4n) is 3.03. The molecular formula is C15H30N2O. The van der Waals surface area contributed by atoms with Gasteiger partial charge in [0.1, 0.15) is 0 Å². The first-order chi connectivity index (χ1) is 8.61. The molecule has 1 N–H and O–H groups in total. The number of nitrogens with one attached hydrogen (secondary N) is 1. The van der Waals surface area contributed by atoms with Crippen LogP contribution in [0.5, 0.6) is 0 Å². The first kappa shape index (κ1) is 14.3. The van der Waals surface area contributed by atoms with Crippen molar-refractivity contribution in [2.45, 2.75) is 58.2 Å². The highest BCUT2D eigenvalue weighted by Gasteiger charge is 2.32. The maximum Gasteiger partial charge on any atom is 0.0724 e. The predicted molar refractivity (Wildman–Crippen MR) is 75.8 cm³/mol. The van der Waals surface area contributed by atoms with Crippen molar-refractivity contribution in [3.63, 3.8) is 0 Å². The molecule has 3 unspecified atom stereocenters. The van der Waals surface area contributed by atoms with Gasteiger partial charge in [-0.2, -0.15) is 0 Å². The average Bonchev–Trinajstić information content (AvgIpc) is 3.15. The molecule has 2 rings (SSSR count). The Bertz CT molecular complexity index is 253. The Morgan fingerprint density at radius 3 is 2.56 bits per heavy atom. The number of hydrogen-bond acceptors (Lipinski definition) is 3. The van der Waals surface area contributed by atoms with Crippen LogP contribution in [0.4, 0.5) is 0 Å². The summed E-state index contributed by atoms with van der Waals surface area (Å²) in [5, 5.41) is 3.70. The highest BCUT2D eigenvalue weighted by Crippen LogP contribution is 2.24. The number of rotatable bonds is 6. The van der Waals surface area contributed by atoms with Gasteiger partial charge >= 0.3 is 0 Å². The van der Waals surface area contributed by atoms with Gasteiger partial charge in [0.2, 0.25) is 0 Å². The van der Waals surface area contributed by atoms with Gasteiger partial charge in [0.15, 0.2) is 0 Å². The Morgan fingerprint density at radius 1 is 1.28 bits per heavy atom. The molecule has 0 aromatic rings. The molecule has 0 spiro atoms. The maximum atomic E-state index is 5.64. The maximum absolute atomic E-state index is 5.64. The lowest BCUT2D eigenvalue weighted by Gasteiger charge is -2.42. The number of methoxy groups -OCH3 is 1. The summed E-state index contributed by atoms with van der Waals surface area (Å²) in [5.41, 5.74) is 0. The van der Waals surface area contributed by atoms with Gasteiger partial charge in [0, 0.05) is 32.3 Å². The van der Waals surface area contributed by atoms with Crippen molar-refractivity contribution >= 4 is 0 Å². The zero-order chi connectivity index (χ0) is 13.1. The summed E-state index contributed by atoms with van der Waals surface area (Å²) in [7, 11) is 1.86. The first-order valence-electron chi connectivity index (χ1n) is 7.62. The molecule has 0 bridgehead atoms. The van der Waals surface area contributed by atoms with E-state index in [1.54, 1.807) is 0 Å². The van der Waals surface area contributed by atoms with Crippen LogP contribution < -0.4 is 5.32 Å². The molecule has 3 nitrogen and oxygen atoms in total. The van der Waals surface area contributed by atoms with Crippen LogP contribution in [-0.4, -0.2) is 49.8 Å². The molecule has 0 aromatic heterocycles. The number of hydrogen-bond donors (Lipinski definition) is 1. The lowest BCUT2D eigenvalue weighted by Crippen LogP contribution is -2.53. The minimum absolute atomic E-state index is 0.418. The van der Waals surface area contributed by atoms with E-state index in [2.05, 4.69) is 31.0 Å². The van der Waals surface area contributed by atoms with Gasteiger partial charge < -0.3 is 10.1 Å². The van der Waals surface area contributed by atoms with Crippen molar-refractivity contribution in [3.8, 4) is 0 Å². The smallest absolute Gasteiger partial charge is 0.0724 e. The summed E-state index contributed by atoms with van der Waals surface area (Å²) < 4.78 is 5.64. The van der Waals surface area contributed by atoms with Crippen molar-refractivity contribution in [2.24, 2.45) is 11.8 Å². The average molecular weight is 254 g/mol. The molecule has 1 saturated carbocycles. The third-order valence-electron chi connectivity index (χ3n) is 4.66. The van der Waals surface area contributed by atoms with Crippen molar-refractivity contribution in [3.05, 3.63) is 0 Å². The summed E-state index contributed by atoms with van der Waals surface area (Å²) in [5.74, 6) is 1.41. The highest BCUT2D eigenvalue weighted by molar-refractivity contribution is 4.88. The molecule has 18 heavy (non-hydrogen) atoms. The van der Waals surface area contributed by atoms with Crippen molar-refractivity contribution in [1.29, 1.82) is 0 Å². The van der Waals surface area contributed by atoms with Gasteiger partial charge in [0.25, 0.3) is 0 Å². The molecule has 1 aliphatic carbocycles. The first-order valence-corrected chi connectivity index (χ1v) is 7.62. The Balaban J connectivity index is 1.88. The zero-order valence-electron chi connectivity index (χ0n) is 12.5. The number of piperidine rings is 1. The minimum atomic E-state index is 0.418. The molecule has 106 valence electrons. The third-order valence-corrected chi connectivity index (χ3v) is 4.66. The normalized spacial score (nSPS) is 31.8. The minimum Gasteiger partial charge on any atom is -0.380 e. The van der Waals surface area contributed by atoms with Gasteiger partial charge in [0.05, 0.1) is 6.10 Å². The van der Waals surface area contributed by atoms with Crippen molar-refractivity contribution in [1.82, 2.24) is 10.2 Å². The summed E-state index contributed by atoms with van der Waals surface area (Å²) in [4.78, 5) is 2.65. The van der Waals surface area contributed by atoms with E-state index >= 15 is 0 Å². The molecule has 1 aliphatic heterocycles. The summed E-state index contributed by atoms with van der Waals surface area (Å²) in [6.45, 7) is 10.5. The number of ether oxygens (including phenoxy) is 1. The molecule has 2 aliphatic rings. The van der Waals surface area contributed by atoms with Crippen LogP contribution in [0, 0.1) is 11.8 Å². The van der Waals surface area contributed by atoms with E-state index in [-0.39, 0.29) is 0 Å². The molecule has 0 radical (unpaired) electrons. The van der Waals surface area contributed by atoms with Gasteiger partial charge in [-0.05, 0) is 37.6 Å².